The van der Waals surface area contributed by atoms with Crippen LogP contribution < -0.4 is 0 Å². The van der Waals surface area contributed by atoms with Gasteiger partial charge in [-0.2, -0.15) is 8.42 Å². The van der Waals surface area contributed by atoms with Gasteiger partial charge in [0.2, 0.25) is 5.82 Å². The number of ether oxygens (including phenoxy) is 2. The zero-order valence-electron chi connectivity index (χ0n) is 13.3. The summed E-state index contributed by atoms with van der Waals surface area (Å²) in [6.07, 6.45) is 2.02. The van der Waals surface area contributed by atoms with Crippen LogP contribution in [0.4, 0.5) is 22.0 Å². The van der Waals surface area contributed by atoms with Crippen molar-refractivity contribution < 1.29 is 44.0 Å². The first-order chi connectivity index (χ1) is 12.6. The Morgan fingerprint density at radius 3 is 2.19 bits per heavy atom. The summed E-state index contributed by atoms with van der Waals surface area (Å²) >= 11 is 5.91. The Labute approximate surface area is 156 Å². The van der Waals surface area contributed by atoms with E-state index in [-0.39, 0.29) is 6.61 Å². The summed E-state index contributed by atoms with van der Waals surface area (Å²) in [5.41, 5.74) is 0. The maximum atomic E-state index is 13.6. The van der Waals surface area contributed by atoms with Crippen molar-refractivity contribution in [3.05, 3.63) is 53.9 Å². The van der Waals surface area contributed by atoms with Crippen LogP contribution in [-0.2, 0) is 23.8 Å². The van der Waals surface area contributed by atoms with Crippen molar-refractivity contribution in [2.45, 2.75) is 22.7 Å². The Hall–Kier alpha value is -1.53. The molecule has 0 saturated heterocycles. The van der Waals surface area contributed by atoms with Gasteiger partial charge in [-0.05, 0) is 0 Å². The van der Waals surface area contributed by atoms with Gasteiger partial charge in [-0.25, -0.2) is 22.0 Å². The van der Waals surface area contributed by atoms with Gasteiger partial charge in [0.1, 0.15) is 11.5 Å². The summed E-state index contributed by atoms with van der Waals surface area (Å²) in [4.78, 5) is -2.09. The van der Waals surface area contributed by atoms with Gasteiger partial charge in [0.15, 0.2) is 34.5 Å². The van der Waals surface area contributed by atoms with Gasteiger partial charge in [-0.3, -0.25) is 4.18 Å². The minimum absolute atomic E-state index is 0.0676. The molecule has 2 rings (SSSR count). The Bertz CT molecular complexity index is 832. The molecule has 1 aliphatic heterocycles. The van der Waals surface area contributed by atoms with Crippen molar-refractivity contribution in [2.24, 2.45) is 0 Å². The molecule has 0 bridgehead atoms. The molecule has 0 aliphatic carbocycles. The van der Waals surface area contributed by atoms with Crippen molar-refractivity contribution in [1.29, 1.82) is 0 Å². The van der Waals surface area contributed by atoms with E-state index in [2.05, 4.69) is 10.8 Å². The highest BCUT2D eigenvalue weighted by molar-refractivity contribution is 7.86. The first-order valence-corrected chi connectivity index (χ1v) is 9.05. The molecule has 0 N–H and O–H groups in total. The lowest BCUT2D eigenvalue weighted by Crippen LogP contribution is -2.37. The Kier molecular flexibility index (Phi) is 6.98. The van der Waals surface area contributed by atoms with Gasteiger partial charge in [-0.1, -0.05) is 18.2 Å². The number of hydrogen-bond donors (Lipinski definition) is 0. The normalized spacial score (nSPS) is 22.8. The van der Waals surface area contributed by atoms with Crippen molar-refractivity contribution >= 4 is 21.7 Å². The minimum Gasteiger partial charge on any atom is -0.347 e. The third kappa shape index (κ3) is 4.66. The predicted molar refractivity (Wildman–Crippen MR) is 83.0 cm³/mol. The molecule has 0 radical (unpaired) electrons. The van der Waals surface area contributed by atoms with Gasteiger partial charge >= 0.3 is 10.1 Å². The average molecular weight is 435 g/mol. The van der Waals surface area contributed by atoms with Crippen LogP contribution >= 0.6 is 11.6 Å². The van der Waals surface area contributed by atoms with E-state index in [1.54, 1.807) is 0 Å². The molecule has 1 heterocycles. The fourth-order valence-electron chi connectivity index (χ4n) is 2.02. The van der Waals surface area contributed by atoms with Crippen LogP contribution in [0, 0.1) is 29.1 Å². The monoisotopic (exact) mass is 434 g/mol. The van der Waals surface area contributed by atoms with Gasteiger partial charge in [-0.15, -0.1) is 18.2 Å². The molecule has 12 heteroatoms. The van der Waals surface area contributed by atoms with Crippen LogP contribution in [0.3, 0.4) is 0 Å². The quantitative estimate of drug-likeness (QED) is 0.165. The molecule has 0 spiro atoms. The van der Waals surface area contributed by atoms with E-state index in [4.69, 9.17) is 21.1 Å². The standard InChI is InChI=1S/C15H12ClF5O5S/c1-2-5-24-15-8(16)4-3-7(26-15)6-25-27(22,23)14-12(20)10(18)9(17)11(19)13(14)21/h2-4,7-8,15H,1,5-6H2/t7-,8-,15-/m0/s1. The lowest BCUT2D eigenvalue weighted by atomic mass is 10.2. The molecule has 0 saturated carbocycles. The highest BCUT2D eigenvalue weighted by Crippen LogP contribution is 2.28. The first-order valence-electron chi connectivity index (χ1n) is 7.21. The maximum Gasteiger partial charge on any atom is 0.303 e. The van der Waals surface area contributed by atoms with Crippen molar-refractivity contribution in [3.63, 3.8) is 0 Å². The highest BCUT2D eigenvalue weighted by atomic mass is 35.5. The number of halogens is 6. The summed E-state index contributed by atoms with van der Waals surface area (Å²) in [6, 6.07) is 0. The molecule has 0 amide bonds. The fraction of sp³-hybridized carbons (Fsp3) is 0.333. The third-order valence-electron chi connectivity index (χ3n) is 3.26. The van der Waals surface area contributed by atoms with Crippen LogP contribution in [0.5, 0.6) is 0 Å². The second kappa shape index (κ2) is 8.65. The second-order valence-electron chi connectivity index (χ2n) is 5.13. The first kappa shape index (κ1) is 21.8. The topological polar surface area (TPSA) is 61.8 Å². The summed E-state index contributed by atoms with van der Waals surface area (Å²) in [5, 5.41) is -0.715. The molecule has 5 nitrogen and oxygen atoms in total. The number of alkyl halides is 1. The third-order valence-corrected chi connectivity index (χ3v) is 4.92. The van der Waals surface area contributed by atoms with Crippen LogP contribution in [0.25, 0.3) is 0 Å². The molecule has 1 aliphatic rings. The van der Waals surface area contributed by atoms with Gasteiger partial charge in [0.25, 0.3) is 0 Å². The van der Waals surface area contributed by atoms with Gasteiger partial charge in [0, 0.05) is 0 Å². The molecule has 0 fully saturated rings. The van der Waals surface area contributed by atoms with E-state index in [0.29, 0.717) is 0 Å². The fourth-order valence-corrected chi connectivity index (χ4v) is 3.29. The molecular formula is C15H12ClF5O5S. The zero-order chi connectivity index (χ0) is 20.4. The summed E-state index contributed by atoms with van der Waals surface area (Å²) in [6.45, 7) is 2.67. The summed E-state index contributed by atoms with van der Waals surface area (Å²) < 4.78 is 105. The molecule has 0 unspecified atom stereocenters. The largest absolute Gasteiger partial charge is 0.347 e. The molecule has 0 aromatic heterocycles. The van der Waals surface area contributed by atoms with Crippen molar-refractivity contribution in [3.8, 4) is 0 Å². The maximum absolute atomic E-state index is 13.6. The molecular weight excluding hydrogens is 423 g/mol. The summed E-state index contributed by atoms with van der Waals surface area (Å²) in [7, 11) is -5.33. The lowest BCUT2D eigenvalue weighted by Gasteiger charge is -2.28. The molecule has 27 heavy (non-hydrogen) atoms. The van der Waals surface area contributed by atoms with Crippen molar-refractivity contribution in [2.75, 3.05) is 13.2 Å². The van der Waals surface area contributed by atoms with Gasteiger partial charge in [0.05, 0.1) is 13.2 Å². The number of hydrogen-bond acceptors (Lipinski definition) is 5. The van der Waals surface area contributed by atoms with E-state index >= 15 is 0 Å². The molecule has 3 atom stereocenters. The highest BCUT2D eigenvalue weighted by Gasteiger charge is 2.35. The Balaban J connectivity index is 2.19. The van der Waals surface area contributed by atoms with E-state index in [9.17, 15) is 30.4 Å². The molecule has 150 valence electrons. The Morgan fingerprint density at radius 1 is 1.07 bits per heavy atom. The second-order valence-corrected chi connectivity index (χ2v) is 7.19. The SMILES string of the molecule is C=CCO[C@H]1O[C@H](COS(=O)(=O)c2c(F)c(F)c(F)c(F)c2F)C=C[C@@H]1Cl. The number of benzene rings is 1. The van der Waals surface area contributed by atoms with Crippen molar-refractivity contribution in [1.82, 2.24) is 0 Å². The van der Waals surface area contributed by atoms with E-state index < -0.39 is 68.5 Å². The smallest absolute Gasteiger partial charge is 0.303 e. The van der Waals surface area contributed by atoms with Crippen LogP contribution in [-0.4, -0.2) is 39.4 Å². The summed E-state index contributed by atoms with van der Waals surface area (Å²) in [5.74, 6) is -12.4. The van der Waals surface area contributed by atoms with E-state index in [1.807, 2.05) is 0 Å². The Morgan fingerprint density at radius 2 is 1.63 bits per heavy atom. The lowest BCUT2D eigenvalue weighted by molar-refractivity contribution is -0.159. The van der Waals surface area contributed by atoms with E-state index in [1.165, 1.54) is 18.2 Å². The molecule has 1 aromatic carbocycles. The van der Waals surface area contributed by atoms with Crippen LogP contribution in [0.15, 0.2) is 29.7 Å². The predicted octanol–water partition coefficient (Wildman–Crippen LogP) is 3.18. The van der Waals surface area contributed by atoms with Crippen LogP contribution in [0.1, 0.15) is 0 Å². The molecule has 1 aromatic rings. The van der Waals surface area contributed by atoms with Gasteiger partial charge < -0.3 is 9.47 Å². The average Bonchev–Trinajstić information content (AvgIpc) is 2.63. The zero-order valence-corrected chi connectivity index (χ0v) is 14.9. The van der Waals surface area contributed by atoms with Crippen LogP contribution in [0.2, 0.25) is 0 Å². The minimum atomic E-state index is -5.33. The number of rotatable bonds is 7. The van der Waals surface area contributed by atoms with E-state index in [0.717, 1.165) is 0 Å².